The maximum absolute atomic E-state index is 12.0. The van der Waals surface area contributed by atoms with Crippen molar-refractivity contribution in [3.63, 3.8) is 0 Å². The van der Waals surface area contributed by atoms with Gasteiger partial charge in [0, 0.05) is 12.1 Å². The van der Waals surface area contributed by atoms with Gasteiger partial charge in [0.25, 0.3) is 0 Å². The van der Waals surface area contributed by atoms with Gasteiger partial charge < -0.3 is 15.4 Å². The second-order valence-electron chi connectivity index (χ2n) is 4.23. The highest BCUT2D eigenvalue weighted by Crippen LogP contribution is 2.22. The van der Waals surface area contributed by atoms with Crippen LogP contribution in [0.1, 0.15) is 18.9 Å². The lowest BCUT2D eigenvalue weighted by atomic mass is 10.1. The van der Waals surface area contributed by atoms with E-state index in [0.29, 0.717) is 26.1 Å². The lowest BCUT2D eigenvalue weighted by Gasteiger charge is -2.22. The number of amides is 1. The fraction of sp³-hybridized carbons (Fsp3) is 0.462. The summed E-state index contributed by atoms with van der Waals surface area (Å²) < 4.78 is 5.61. The molecule has 4 heteroatoms. The molecule has 0 aromatic heterocycles. The lowest BCUT2D eigenvalue weighted by molar-refractivity contribution is -0.133. The van der Waals surface area contributed by atoms with Crippen LogP contribution >= 0.6 is 0 Å². The van der Waals surface area contributed by atoms with Gasteiger partial charge in [0.05, 0.1) is 12.6 Å². The quantitative estimate of drug-likeness (QED) is 0.835. The van der Waals surface area contributed by atoms with Crippen LogP contribution in [-0.2, 0) is 11.3 Å². The fourth-order valence-electron chi connectivity index (χ4n) is 1.92. The summed E-state index contributed by atoms with van der Waals surface area (Å²) in [6.45, 7) is 3.63. The Labute approximate surface area is 101 Å². The third-order valence-corrected chi connectivity index (χ3v) is 3.02. The SMILES string of the molecule is CC[C@@H](N)C(=O)N1CCOc2ccccc2C1. The molecule has 0 spiro atoms. The number of hydrogen-bond acceptors (Lipinski definition) is 3. The number of nitrogens with zero attached hydrogens (tertiary/aromatic N) is 1. The molecule has 0 aliphatic carbocycles. The van der Waals surface area contributed by atoms with Crippen molar-refractivity contribution in [2.75, 3.05) is 13.2 Å². The summed E-state index contributed by atoms with van der Waals surface area (Å²) in [6, 6.07) is 7.41. The maximum atomic E-state index is 12.0. The zero-order valence-electron chi connectivity index (χ0n) is 10.1. The molecule has 2 N–H and O–H groups in total. The van der Waals surface area contributed by atoms with Gasteiger partial charge in [0.2, 0.25) is 5.91 Å². The Kier molecular flexibility index (Phi) is 3.64. The Hall–Kier alpha value is -1.55. The molecule has 1 aliphatic rings. The monoisotopic (exact) mass is 234 g/mol. The first-order valence-corrected chi connectivity index (χ1v) is 5.97. The van der Waals surface area contributed by atoms with E-state index in [2.05, 4.69) is 0 Å². The Bertz CT molecular complexity index is 406. The van der Waals surface area contributed by atoms with Crippen LogP contribution in [0.5, 0.6) is 5.75 Å². The zero-order valence-corrected chi connectivity index (χ0v) is 10.1. The number of para-hydroxylation sites is 1. The van der Waals surface area contributed by atoms with Crippen molar-refractivity contribution in [3.8, 4) is 5.75 Å². The van der Waals surface area contributed by atoms with E-state index in [1.807, 2.05) is 31.2 Å². The van der Waals surface area contributed by atoms with Gasteiger partial charge in [0.1, 0.15) is 12.4 Å². The van der Waals surface area contributed by atoms with Crippen LogP contribution in [0.15, 0.2) is 24.3 Å². The highest BCUT2D eigenvalue weighted by atomic mass is 16.5. The van der Waals surface area contributed by atoms with Gasteiger partial charge in [-0.3, -0.25) is 4.79 Å². The van der Waals surface area contributed by atoms with Crippen molar-refractivity contribution in [1.29, 1.82) is 0 Å². The van der Waals surface area contributed by atoms with Crippen LogP contribution < -0.4 is 10.5 Å². The Morgan fingerprint density at radius 3 is 3.06 bits per heavy atom. The van der Waals surface area contributed by atoms with E-state index in [0.717, 1.165) is 11.3 Å². The molecule has 0 unspecified atom stereocenters. The molecule has 0 saturated carbocycles. The number of hydrogen-bond donors (Lipinski definition) is 1. The predicted molar refractivity (Wildman–Crippen MR) is 65.6 cm³/mol. The van der Waals surface area contributed by atoms with E-state index in [1.54, 1.807) is 4.90 Å². The molecule has 17 heavy (non-hydrogen) atoms. The minimum atomic E-state index is -0.403. The second-order valence-corrected chi connectivity index (χ2v) is 4.23. The van der Waals surface area contributed by atoms with Gasteiger partial charge >= 0.3 is 0 Å². The molecule has 1 aliphatic heterocycles. The van der Waals surface area contributed by atoms with Gasteiger partial charge in [-0.25, -0.2) is 0 Å². The topological polar surface area (TPSA) is 55.6 Å². The molecule has 0 radical (unpaired) electrons. The van der Waals surface area contributed by atoms with Crippen LogP contribution in [0.4, 0.5) is 0 Å². The smallest absolute Gasteiger partial charge is 0.239 e. The number of carbonyl (C=O) groups excluding carboxylic acids is 1. The summed E-state index contributed by atoms with van der Waals surface area (Å²) in [7, 11) is 0. The van der Waals surface area contributed by atoms with E-state index < -0.39 is 6.04 Å². The standard InChI is InChI=1S/C13H18N2O2/c1-2-11(14)13(16)15-7-8-17-12-6-4-3-5-10(12)9-15/h3-6,11H,2,7-9,14H2,1H3/t11-/m1/s1. The minimum absolute atomic E-state index is 0.00723. The summed E-state index contributed by atoms with van der Waals surface area (Å²) in [4.78, 5) is 13.8. The Balaban J connectivity index is 2.15. The Morgan fingerprint density at radius 2 is 2.29 bits per heavy atom. The molecular formula is C13H18N2O2. The third kappa shape index (κ3) is 2.58. The van der Waals surface area contributed by atoms with E-state index in [4.69, 9.17) is 10.5 Å². The number of fused-ring (bicyclic) bond motifs is 1. The predicted octanol–water partition coefficient (Wildman–Crippen LogP) is 1.14. The molecule has 1 aromatic rings. The average Bonchev–Trinajstić information content (AvgIpc) is 2.58. The minimum Gasteiger partial charge on any atom is -0.491 e. The molecule has 1 amide bonds. The van der Waals surface area contributed by atoms with E-state index in [9.17, 15) is 4.79 Å². The van der Waals surface area contributed by atoms with E-state index >= 15 is 0 Å². The van der Waals surface area contributed by atoms with Crippen LogP contribution in [0.2, 0.25) is 0 Å². The van der Waals surface area contributed by atoms with Crippen molar-refractivity contribution < 1.29 is 9.53 Å². The number of nitrogens with two attached hydrogens (primary N) is 1. The van der Waals surface area contributed by atoms with Gasteiger partial charge in [-0.05, 0) is 12.5 Å². The summed E-state index contributed by atoms with van der Waals surface area (Å²) >= 11 is 0. The summed E-state index contributed by atoms with van der Waals surface area (Å²) in [5, 5.41) is 0. The molecule has 2 rings (SSSR count). The number of ether oxygens (including phenoxy) is 1. The summed E-state index contributed by atoms with van der Waals surface area (Å²) in [5.41, 5.74) is 6.83. The second kappa shape index (κ2) is 5.19. The van der Waals surface area contributed by atoms with Crippen molar-refractivity contribution in [1.82, 2.24) is 4.90 Å². The van der Waals surface area contributed by atoms with Crippen LogP contribution in [0, 0.1) is 0 Å². The number of carbonyl (C=O) groups is 1. The van der Waals surface area contributed by atoms with Gasteiger partial charge in [-0.2, -0.15) is 0 Å². The van der Waals surface area contributed by atoms with Gasteiger partial charge in [0.15, 0.2) is 0 Å². The summed E-state index contributed by atoms with van der Waals surface area (Å²) in [6.07, 6.45) is 0.665. The Morgan fingerprint density at radius 1 is 1.53 bits per heavy atom. The fourth-order valence-corrected chi connectivity index (χ4v) is 1.92. The van der Waals surface area contributed by atoms with Crippen molar-refractivity contribution in [2.45, 2.75) is 25.9 Å². The normalized spacial score (nSPS) is 16.7. The molecule has 0 bridgehead atoms. The molecule has 92 valence electrons. The molecular weight excluding hydrogens is 216 g/mol. The average molecular weight is 234 g/mol. The molecule has 0 fully saturated rings. The number of benzene rings is 1. The first-order chi connectivity index (χ1) is 8.22. The summed E-state index contributed by atoms with van der Waals surface area (Å²) in [5.74, 6) is 0.876. The lowest BCUT2D eigenvalue weighted by Crippen LogP contribution is -2.43. The van der Waals surface area contributed by atoms with Crippen molar-refractivity contribution in [2.24, 2.45) is 5.73 Å². The molecule has 1 atom stereocenters. The highest BCUT2D eigenvalue weighted by Gasteiger charge is 2.22. The first-order valence-electron chi connectivity index (χ1n) is 5.97. The van der Waals surface area contributed by atoms with Gasteiger partial charge in [-0.15, -0.1) is 0 Å². The van der Waals surface area contributed by atoms with Crippen LogP contribution in [0.25, 0.3) is 0 Å². The van der Waals surface area contributed by atoms with Crippen molar-refractivity contribution >= 4 is 5.91 Å². The van der Waals surface area contributed by atoms with Crippen LogP contribution in [0.3, 0.4) is 0 Å². The largest absolute Gasteiger partial charge is 0.491 e. The zero-order chi connectivity index (χ0) is 12.3. The van der Waals surface area contributed by atoms with E-state index in [-0.39, 0.29) is 5.91 Å². The molecule has 0 saturated heterocycles. The molecule has 1 heterocycles. The third-order valence-electron chi connectivity index (χ3n) is 3.02. The number of rotatable bonds is 2. The van der Waals surface area contributed by atoms with E-state index in [1.165, 1.54) is 0 Å². The van der Waals surface area contributed by atoms with Crippen LogP contribution in [-0.4, -0.2) is 30.0 Å². The van der Waals surface area contributed by atoms with Crippen molar-refractivity contribution in [3.05, 3.63) is 29.8 Å². The first kappa shape index (κ1) is 11.9. The highest BCUT2D eigenvalue weighted by molar-refractivity contribution is 5.81. The maximum Gasteiger partial charge on any atom is 0.239 e. The molecule has 4 nitrogen and oxygen atoms in total. The van der Waals surface area contributed by atoms with Gasteiger partial charge in [-0.1, -0.05) is 25.1 Å². The molecule has 1 aromatic carbocycles.